The smallest absolute Gasteiger partial charge is 0.189 e. The van der Waals surface area contributed by atoms with Gasteiger partial charge in [0.15, 0.2) is 5.96 Å². The highest BCUT2D eigenvalue weighted by Crippen LogP contribution is 2.30. The molecule has 1 fully saturated rings. The van der Waals surface area contributed by atoms with E-state index in [-0.39, 0.29) is 11.1 Å². The Morgan fingerprint density at radius 1 is 1.20 bits per heavy atom. The van der Waals surface area contributed by atoms with Crippen LogP contribution in [0.15, 0.2) is 4.99 Å². The zero-order valence-corrected chi connectivity index (χ0v) is 10.6. The van der Waals surface area contributed by atoms with Crippen molar-refractivity contribution in [3.63, 3.8) is 0 Å². The van der Waals surface area contributed by atoms with Gasteiger partial charge in [-0.1, -0.05) is 19.3 Å². The molecule has 0 atom stereocenters. The van der Waals surface area contributed by atoms with Crippen molar-refractivity contribution in [2.75, 3.05) is 0 Å². The van der Waals surface area contributed by atoms with Crippen LogP contribution in [0.2, 0.25) is 0 Å². The Balaban J connectivity index is 2.60. The largest absolute Gasteiger partial charge is 0.370 e. The maximum absolute atomic E-state index is 5.91. The van der Waals surface area contributed by atoms with Crippen LogP contribution in [-0.2, 0) is 0 Å². The minimum atomic E-state index is -0.00138. The van der Waals surface area contributed by atoms with Crippen LogP contribution < -0.4 is 11.1 Å². The van der Waals surface area contributed by atoms with Gasteiger partial charge in [-0.3, -0.25) is 0 Å². The van der Waals surface area contributed by atoms with Crippen molar-refractivity contribution >= 4 is 5.96 Å². The molecule has 0 aromatic rings. The minimum Gasteiger partial charge on any atom is -0.370 e. The van der Waals surface area contributed by atoms with E-state index in [1.165, 1.54) is 32.1 Å². The van der Waals surface area contributed by atoms with E-state index in [4.69, 9.17) is 5.73 Å². The summed E-state index contributed by atoms with van der Waals surface area (Å²) in [5.74, 6) is 0.590. The van der Waals surface area contributed by atoms with Gasteiger partial charge in [0.1, 0.15) is 0 Å². The van der Waals surface area contributed by atoms with Crippen molar-refractivity contribution in [2.24, 2.45) is 10.7 Å². The van der Waals surface area contributed by atoms with Crippen LogP contribution in [-0.4, -0.2) is 17.0 Å². The van der Waals surface area contributed by atoms with E-state index in [2.05, 4.69) is 38.0 Å². The fourth-order valence-electron chi connectivity index (χ4n) is 2.13. The summed E-state index contributed by atoms with van der Waals surface area (Å²) in [5, 5.41) is 3.22. The summed E-state index contributed by atoms with van der Waals surface area (Å²) in [6.07, 6.45) is 6.24. The quantitative estimate of drug-likeness (QED) is 0.517. The van der Waals surface area contributed by atoms with Crippen LogP contribution in [0, 0.1) is 0 Å². The fraction of sp³-hybridized carbons (Fsp3) is 0.917. The maximum Gasteiger partial charge on any atom is 0.189 e. The average Bonchev–Trinajstić information content (AvgIpc) is 1.99. The third-order valence-electron chi connectivity index (χ3n) is 2.82. The van der Waals surface area contributed by atoms with Gasteiger partial charge in [-0.05, 0) is 40.5 Å². The van der Waals surface area contributed by atoms with Crippen molar-refractivity contribution < 1.29 is 0 Å². The highest BCUT2D eigenvalue weighted by molar-refractivity contribution is 5.79. The van der Waals surface area contributed by atoms with Gasteiger partial charge in [0.25, 0.3) is 0 Å². The highest BCUT2D eigenvalue weighted by Gasteiger charge is 2.26. The first kappa shape index (κ1) is 12.3. The van der Waals surface area contributed by atoms with E-state index in [1.54, 1.807) is 0 Å². The number of hydrogen-bond donors (Lipinski definition) is 2. The molecule has 0 saturated heterocycles. The third-order valence-corrected chi connectivity index (χ3v) is 2.82. The van der Waals surface area contributed by atoms with Crippen molar-refractivity contribution in [1.82, 2.24) is 5.32 Å². The number of nitrogens with two attached hydrogens (primary N) is 1. The van der Waals surface area contributed by atoms with Crippen LogP contribution in [0.1, 0.15) is 59.8 Å². The van der Waals surface area contributed by atoms with Crippen molar-refractivity contribution in [3.05, 3.63) is 0 Å². The van der Waals surface area contributed by atoms with Crippen LogP contribution in [0.4, 0.5) is 0 Å². The molecule has 0 aliphatic heterocycles. The van der Waals surface area contributed by atoms with Crippen LogP contribution in [0.25, 0.3) is 0 Å². The lowest BCUT2D eigenvalue weighted by atomic mass is 9.84. The summed E-state index contributed by atoms with van der Waals surface area (Å²) in [6, 6.07) is 0. The topological polar surface area (TPSA) is 50.4 Å². The fourth-order valence-corrected chi connectivity index (χ4v) is 2.13. The maximum atomic E-state index is 5.91. The zero-order chi connectivity index (χ0) is 11.5. The van der Waals surface area contributed by atoms with E-state index >= 15 is 0 Å². The summed E-state index contributed by atoms with van der Waals surface area (Å²) in [7, 11) is 0. The molecule has 15 heavy (non-hydrogen) atoms. The predicted molar refractivity (Wildman–Crippen MR) is 66.0 cm³/mol. The molecular weight excluding hydrogens is 186 g/mol. The van der Waals surface area contributed by atoms with Gasteiger partial charge in [0.05, 0.1) is 5.54 Å². The van der Waals surface area contributed by atoms with Gasteiger partial charge in [0.2, 0.25) is 0 Å². The molecule has 3 N–H and O–H groups in total. The van der Waals surface area contributed by atoms with E-state index in [0.717, 1.165) is 0 Å². The van der Waals surface area contributed by atoms with Crippen molar-refractivity contribution in [3.8, 4) is 0 Å². The highest BCUT2D eigenvalue weighted by atomic mass is 15.1. The first-order valence-electron chi connectivity index (χ1n) is 5.94. The molecule has 1 aliphatic carbocycles. The van der Waals surface area contributed by atoms with Crippen LogP contribution in [0.5, 0.6) is 0 Å². The number of nitrogens with zero attached hydrogens (tertiary/aromatic N) is 1. The Kier molecular flexibility index (Phi) is 3.63. The lowest BCUT2D eigenvalue weighted by Crippen LogP contribution is -2.46. The standard InChI is InChI=1S/C12H25N3/c1-11(2,3)14-10(13)15-12(4)8-6-5-7-9-12/h5-9H2,1-4H3,(H3,13,14,15). The number of nitrogens with one attached hydrogen (secondary N) is 1. The second-order valence-electron chi connectivity index (χ2n) is 5.93. The Morgan fingerprint density at radius 3 is 2.20 bits per heavy atom. The summed E-state index contributed by atoms with van der Waals surface area (Å²) >= 11 is 0. The molecule has 0 radical (unpaired) electrons. The van der Waals surface area contributed by atoms with Crippen LogP contribution >= 0.6 is 0 Å². The zero-order valence-electron chi connectivity index (χ0n) is 10.6. The number of aliphatic imine (C=N–C) groups is 1. The summed E-state index contributed by atoms with van der Waals surface area (Å²) < 4.78 is 0. The van der Waals surface area contributed by atoms with Gasteiger partial charge in [-0.15, -0.1) is 0 Å². The van der Waals surface area contributed by atoms with Crippen molar-refractivity contribution in [1.29, 1.82) is 0 Å². The molecule has 0 spiro atoms. The molecule has 1 saturated carbocycles. The van der Waals surface area contributed by atoms with E-state index in [9.17, 15) is 0 Å². The molecule has 0 aromatic heterocycles. The summed E-state index contributed by atoms with van der Waals surface area (Å²) in [4.78, 5) is 4.64. The SMILES string of the molecule is CC1(N=C(N)NC(C)(C)C)CCCCC1. The third kappa shape index (κ3) is 4.54. The Morgan fingerprint density at radius 2 is 1.73 bits per heavy atom. The van der Waals surface area contributed by atoms with Gasteiger partial charge in [-0.25, -0.2) is 4.99 Å². The molecule has 3 heteroatoms. The first-order valence-corrected chi connectivity index (χ1v) is 5.94. The van der Waals surface area contributed by atoms with E-state index in [0.29, 0.717) is 5.96 Å². The Bertz CT molecular complexity index is 232. The van der Waals surface area contributed by atoms with Gasteiger partial charge in [0, 0.05) is 5.54 Å². The monoisotopic (exact) mass is 211 g/mol. The molecule has 0 unspecified atom stereocenters. The normalized spacial score (nSPS) is 22.5. The lowest BCUT2D eigenvalue weighted by molar-refractivity contribution is 0.322. The number of rotatable bonds is 1. The average molecular weight is 211 g/mol. The molecule has 0 bridgehead atoms. The summed E-state index contributed by atoms with van der Waals surface area (Å²) in [6.45, 7) is 8.50. The van der Waals surface area contributed by atoms with Gasteiger partial charge >= 0.3 is 0 Å². The van der Waals surface area contributed by atoms with Gasteiger partial charge in [-0.2, -0.15) is 0 Å². The molecule has 1 aliphatic rings. The minimum absolute atomic E-state index is 0.00138. The second kappa shape index (κ2) is 4.42. The molecule has 0 heterocycles. The number of hydrogen-bond acceptors (Lipinski definition) is 1. The first-order chi connectivity index (χ1) is 6.81. The molecule has 0 aromatic carbocycles. The lowest BCUT2D eigenvalue weighted by Gasteiger charge is -2.31. The Hall–Kier alpha value is -0.730. The van der Waals surface area contributed by atoms with Crippen LogP contribution in [0.3, 0.4) is 0 Å². The molecule has 88 valence electrons. The molecule has 1 rings (SSSR count). The van der Waals surface area contributed by atoms with Crippen molar-refractivity contribution in [2.45, 2.75) is 70.9 Å². The summed E-state index contributed by atoms with van der Waals surface area (Å²) in [5.41, 5.74) is 5.98. The van der Waals surface area contributed by atoms with E-state index < -0.39 is 0 Å². The second-order valence-corrected chi connectivity index (χ2v) is 5.93. The van der Waals surface area contributed by atoms with E-state index in [1.807, 2.05) is 0 Å². The molecule has 3 nitrogen and oxygen atoms in total. The molecular formula is C12H25N3. The number of guanidine groups is 1. The predicted octanol–water partition coefficient (Wildman–Crippen LogP) is 2.41. The Labute approximate surface area is 93.5 Å². The molecule has 0 amide bonds. The van der Waals surface area contributed by atoms with Gasteiger partial charge < -0.3 is 11.1 Å².